The van der Waals surface area contributed by atoms with Crippen LogP contribution in [0.2, 0.25) is 0 Å². The van der Waals surface area contributed by atoms with Crippen molar-refractivity contribution < 1.29 is 19.1 Å². The molecule has 1 aliphatic rings. The summed E-state index contributed by atoms with van der Waals surface area (Å²) >= 11 is 0. The standard InChI is InChI=1S/C16H20N2O4/c1-12(15(19)21-2)8-9-17-18-14(11-22-16(18)20)10-13-6-4-3-5-7-13/h3-7,9,12,14H,8,10-11H2,1-2H3/b17-9+/t12-,14+/m1/s1. The number of esters is 1. The zero-order valence-electron chi connectivity index (χ0n) is 12.8. The third-order valence-corrected chi connectivity index (χ3v) is 3.51. The molecule has 0 N–H and O–H groups in total. The molecule has 0 aliphatic carbocycles. The van der Waals surface area contributed by atoms with Crippen LogP contribution >= 0.6 is 0 Å². The predicted molar refractivity (Wildman–Crippen MR) is 81.4 cm³/mol. The second kappa shape index (κ2) is 7.59. The number of benzene rings is 1. The number of hydrazone groups is 1. The Balaban J connectivity index is 1.95. The minimum atomic E-state index is -0.456. The molecular weight excluding hydrogens is 284 g/mol. The quantitative estimate of drug-likeness (QED) is 0.597. The molecule has 1 aromatic carbocycles. The van der Waals surface area contributed by atoms with Gasteiger partial charge < -0.3 is 9.47 Å². The van der Waals surface area contributed by atoms with Crippen LogP contribution in [0, 0.1) is 5.92 Å². The topological polar surface area (TPSA) is 68.2 Å². The van der Waals surface area contributed by atoms with Crippen LogP contribution in [-0.4, -0.2) is 43.0 Å². The van der Waals surface area contributed by atoms with Gasteiger partial charge in [-0.15, -0.1) is 0 Å². The smallest absolute Gasteiger partial charge is 0.430 e. The minimum Gasteiger partial charge on any atom is -0.469 e. The highest BCUT2D eigenvalue weighted by Gasteiger charge is 2.32. The Labute approximate surface area is 129 Å². The van der Waals surface area contributed by atoms with Gasteiger partial charge in [-0.2, -0.15) is 10.1 Å². The van der Waals surface area contributed by atoms with Crippen molar-refractivity contribution in [2.75, 3.05) is 13.7 Å². The van der Waals surface area contributed by atoms with E-state index in [1.165, 1.54) is 12.1 Å². The first kappa shape index (κ1) is 16.0. The first-order valence-corrected chi connectivity index (χ1v) is 7.22. The summed E-state index contributed by atoms with van der Waals surface area (Å²) in [5.74, 6) is -0.587. The van der Waals surface area contributed by atoms with Crippen molar-refractivity contribution in [2.45, 2.75) is 25.8 Å². The maximum Gasteiger partial charge on any atom is 0.430 e. The van der Waals surface area contributed by atoms with Gasteiger partial charge in [-0.05, 0) is 18.4 Å². The SMILES string of the molecule is COC(=O)[C@H](C)C/C=N/N1C(=O)OC[C@@H]1Cc1ccccc1. The van der Waals surface area contributed by atoms with E-state index in [2.05, 4.69) is 9.84 Å². The molecule has 2 atom stereocenters. The maximum absolute atomic E-state index is 11.7. The predicted octanol–water partition coefficient (Wildman–Crippen LogP) is 2.23. The molecule has 1 heterocycles. The molecule has 0 aromatic heterocycles. The Bertz CT molecular complexity index is 544. The van der Waals surface area contributed by atoms with Crippen LogP contribution < -0.4 is 0 Å². The minimum absolute atomic E-state index is 0.125. The van der Waals surface area contributed by atoms with E-state index in [0.29, 0.717) is 19.4 Å². The van der Waals surface area contributed by atoms with Crippen molar-refractivity contribution in [3.63, 3.8) is 0 Å². The normalized spacial score (nSPS) is 19.3. The summed E-state index contributed by atoms with van der Waals surface area (Å²) < 4.78 is 9.71. The van der Waals surface area contributed by atoms with E-state index in [-0.39, 0.29) is 17.9 Å². The molecule has 0 bridgehead atoms. The van der Waals surface area contributed by atoms with Crippen LogP contribution in [0.5, 0.6) is 0 Å². The number of cyclic esters (lactones) is 1. The van der Waals surface area contributed by atoms with E-state index in [9.17, 15) is 9.59 Å². The summed E-state index contributed by atoms with van der Waals surface area (Å²) in [7, 11) is 1.35. The van der Waals surface area contributed by atoms with Gasteiger partial charge in [-0.25, -0.2) is 4.79 Å². The molecule has 0 unspecified atom stereocenters. The summed E-state index contributed by atoms with van der Waals surface area (Å²) in [4.78, 5) is 23.1. The van der Waals surface area contributed by atoms with Crippen LogP contribution in [0.15, 0.2) is 35.4 Å². The molecule has 2 rings (SSSR count). The molecular formula is C16H20N2O4. The molecule has 6 heteroatoms. The Morgan fingerprint density at radius 2 is 2.23 bits per heavy atom. The highest BCUT2D eigenvalue weighted by Crippen LogP contribution is 2.17. The number of rotatable bonds is 6. The zero-order chi connectivity index (χ0) is 15.9. The number of carbonyl (C=O) groups excluding carboxylic acids is 2. The maximum atomic E-state index is 11.7. The molecule has 0 spiro atoms. The summed E-state index contributed by atoms with van der Waals surface area (Å²) in [6.45, 7) is 2.07. The van der Waals surface area contributed by atoms with Gasteiger partial charge in [0.05, 0.1) is 19.1 Å². The lowest BCUT2D eigenvalue weighted by Crippen LogP contribution is -2.30. The van der Waals surface area contributed by atoms with E-state index < -0.39 is 6.09 Å². The lowest BCUT2D eigenvalue weighted by atomic mass is 10.1. The van der Waals surface area contributed by atoms with Crippen LogP contribution in [0.1, 0.15) is 18.9 Å². The highest BCUT2D eigenvalue weighted by atomic mass is 16.6. The Kier molecular flexibility index (Phi) is 5.52. The number of nitrogens with zero attached hydrogens (tertiary/aromatic N) is 2. The van der Waals surface area contributed by atoms with E-state index in [4.69, 9.17) is 4.74 Å². The Morgan fingerprint density at radius 1 is 1.50 bits per heavy atom. The van der Waals surface area contributed by atoms with Crippen LogP contribution in [-0.2, 0) is 20.7 Å². The Hall–Kier alpha value is -2.37. The van der Waals surface area contributed by atoms with Crippen molar-refractivity contribution in [1.29, 1.82) is 0 Å². The number of methoxy groups -OCH3 is 1. The number of carbonyl (C=O) groups is 2. The molecule has 1 fully saturated rings. The summed E-state index contributed by atoms with van der Waals surface area (Å²) in [6, 6.07) is 9.74. The molecule has 1 aromatic rings. The lowest BCUT2D eigenvalue weighted by Gasteiger charge is -2.16. The molecule has 6 nitrogen and oxygen atoms in total. The van der Waals surface area contributed by atoms with Crippen molar-refractivity contribution in [3.8, 4) is 0 Å². The fourth-order valence-electron chi connectivity index (χ4n) is 2.22. The lowest BCUT2D eigenvalue weighted by molar-refractivity contribution is -0.144. The molecule has 0 saturated carbocycles. The van der Waals surface area contributed by atoms with Gasteiger partial charge in [0.2, 0.25) is 0 Å². The average molecular weight is 304 g/mol. The van der Waals surface area contributed by atoms with E-state index >= 15 is 0 Å². The summed E-state index contributed by atoms with van der Waals surface area (Å²) in [5, 5.41) is 5.51. The fourth-order valence-corrected chi connectivity index (χ4v) is 2.22. The fraction of sp³-hybridized carbons (Fsp3) is 0.438. The van der Waals surface area contributed by atoms with E-state index in [1.807, 2.05) is 30.3 Å². The van der Waals surface area contributed by atoms with Crippen molar-refractivity contribution in [3.05, 3.63) is 35.9 Å². The van der Waals surface area contributed by atoms with Gasteiger partial charge in [-0.1, -0.05) is 37.3 Å². The zero-order valence-corrected chi connectivity index (χ0v) is 12.8. The molecule has 118 valence electrons. The van der Waals surface area contributed by atoms with Gasteiger partial charge in [0, 0.05) is 6.21 Å². The number of ether oxygens (including phenoxy) is 2. The second-order valence-electron chi connectivity index (χ2n) is 5.22. The third kappa shape index (κ3) is 4.07. The first-order valence-electron chi connectivity index (χ1n) is 7.22. The number of hydrogen-bond donors (Lipinski definition) is 0. The van der Waals surface area contributed by atoms with Gasteiger partial charge in [0.1, 0.15) is 6.61 Å². The molecule has 1 aliphatic heterocycles. The van der Waals surface area contributed by atoms with E-state index in [0.717, 1.165) is 5.56 Å². The Morgan fingerprint density at radius 3 is 2.91 bits per heavy atom. The molecule has 0 radical (unpaired) electrons. The van der Waals surface area contributed by atoms with Crippen LogP contribution in [0.4, 0.5) is 4.79 Å². The number of amides is 1. The van der Waals surface area contributed by atoms with Crippen LogP contribution in [0.25, 0.3) is 0 Å². The molecule has 1 amide bonds. The highest BCUT2D eigenvalue weighted by molar-refractivity contribution is 5.77. The number of hydrogen-bond acceptors (Lipinski definition) is 5. The van der Waals surface area contributed by atoms with Crippen molar-refractivity contribution >= 4 is 18.3 Å². The van der Waals surface area contributed by atoms with Crippen molar-refractivity contribution in [1.82, 2.24) is 5.01 Å². The van der Waals surface area contributed by atoms with Gasteiger partial charge in [-0.3, -0.25) is 4.79 Å². The largest absolute Gasteiger partial charge is 0.469 e. The summed E-state index contributed by atoms with van der Waals surface area (Å²) in [6.07, 6.45) is 2.19. The van der Waals surface area contributed by atoms with Gasteiger partial charge >= 0.3 is 12.1 Å². The first-order chi connectivity index (χ1) is 10.6. The molecule has 1 saturated heterocycles. The monoisotopic (exact) mass is 304 g/mol. The van der Waals surface area contributed by atoms with E-state index in [1.54, 1.807) is 13.1 Å². The summed E-state index contributed by atoms with van der Waals surface area (Å²) in [5.41, 5.74) is 1.12. The van der Waals surface area contributed by atoms with Crippen molar-refractivity contribution in [2.24, 2.45) is 11.0 Å². The van der Waals surface area contributed by atoms with Gasteiger partial charge in [0.25, 0.3) is 0 Å². The van der Waals surface area contributed by atoms with Gasteiger partial charge in [0.15, 0.2) is 0 Å². The van der Waals surface area contributed by atoms with Crippen LogP contribution in [0.3, 0.4) is 0 Å². The molecule has 22 heavy (non-hydrogen) atoms. The third-order valence-electron chi connectivity index (χ3n) is 3.51. The second-order valence-corrected chi connectivity index (χ2v) is 5.22. The average Bonchev–Trinajstić information content (AvgIpc) is 2.88.